The maximum atomic E-state index is 12.8. The maximum absolute atomic E-state index is 12.8. The summed E-state index contributed by atoms with van der Waals surface area (Å²) in [6.07, 6.45) is 1.71. The number of amides is 2. The highest BCUT2D eigenvalue weighted by atomic mass is 32.1. The molecule has 0 spiro atoms. The lowest BCUT2D eigenvalue weighted by molar-refractivity contribution is -0.114. The largest absolute Gasteiger partial charge is 0.496 e. The van der Waals surface area contributed by atoms with Gasteiger partial charge in [-0.2, -0.15) is 0 Å². The van der Waals surface area contributed by atoms with E-state index in [-0.39, 0.29) is 11.8 Å². The van der Waals surface area contributed by atoms with Crippen molar-refractivity contribution in [2.24, 2.45) is 0 Å². The molecule has 0 atom stereocenters. The van der Waals surface area contributed by atoms with E-state index in [2.05, 4.69) is 15.5 Å². The predicted molar refractivity (Wildman–Crippen MR) is 121 cm³/mol. The molecule has 4 rings (SSSR count). The van der Waals surface area contributed by atoms with Crippen LogP contribution in [0, 0.1) is 0 Å². The zero-order chi connectivity index (χ0) is 21.8. The van der Waals surface area contributed by atoms with Gasteiger partial charge in [0.2, 0.25) is 5.91 Å². The number of piperidine rings is 1. The average Bonchev–Trinajstić information content (AvgIpc) is 3.29. The first-order chi connectivity index (χ1) is 15.0. The molecule has 2 amide bonds. The summed E-state index contributed by atoms with van der Waals surface area (Å²) in [5.74, 6) is 0.966. The summed E-state index contributed by atoms with van der Waals surface area (Å²) < 4.78 is 5.44. The summed E-state index contributed by atoms with van der Waals surface area (Å²) in [7, 11) is 1.65. The second-order valence-corrected chi connectivity index (χ2v) is 8.48. The summed E-state index contributed by atoms with van der Waals surface area (Å²) in [6.45, 7) is 2.82. The van der Waals surface area contributed by atoms with Gasteiger partial charge in [0.1, 0.15) is 10.8 Å². The minimum atomic E-state index is -0.133. The molecule has 1 fully saturated rings. The van der Waals surface area contributed by atoms with Crippen LogP contribution >= 0.6 is 11.3 Å². The lowest BCUT2D eigenvalue weighted by Gasteiger charge is -2.31. The quantitative estimate of drug-likeness (QED) is 0.648. The van der Waals surface area contributed by atoms with Crippen LogP contribution in [-0.4, -0.2) is 47.1 Å². The molecule has 2 heterocycles. The van der Waals surface area contributed by atoms with Gasteiger partial charge in [-0.25, -0.2) is 0 Å². The molecule has 31 heavy (non-hydrogen) atoms. The maximum Gasteiger partial charge on any atom is 0.253 e. The highest BCUT2D eigenvalue weighted by Gasteiger charge is 2.27. The van der Waals surface area contributed by atoms with E-state index in [1.54, 1.807) is 42.7 Å². The highest BCUT2D eigenvalue weighted by molar-refractivity contribution is 7.14. The highest BCUT2D eigenvalue weighted by Crippen LogP contribution is 2.36. The van der Waals surface area contributed by atoms with Crippen LogP contribution in [-0.2, 0) is 4.79 Å². The number of methoxy groups -OCH3 is 1. The van der Waals surface area contributed by atoms with Crippen LogP contribution in [0.5, 0.6) is 5.75 Å². The fraction of sp³-hybridized carbons (Fsp3) is 0.304. The van der Waals surface area contributed by atoms with Crippen LogP contribution in [0.25, 0.3) is 10.6 Å². The van der Waals surface area contributed by atoms with Crippen LogP contribution in [0.4, 0.5) is 5.69 Å². The molecule has 3 aromatic rings. The van der Waals surface area contributed by atoms with Crippen LogP contribution in [0.3, 0.4) is 0 Å². The van der Waals surface area contributed by atoms with Gasteiger partial charge in [0, 0.05) is 37.2 Å². The fourth-order valence-electron chi connectivity index (χ4n) is 3.74. The number of likely N-dealkylation sites (tertiary alicyclic amines) is 1. The SMILES string of the molecule is COc1ccccc1-c1nnc(C2CCN(C(=O)c3ccc(NC(C)=O)cc3)CC2)s1. The molecule has 0 unspecified atom stereocenters. The van der Waals surface area contributed by atoms with Gasteiger partial charge in [-0.15, -0.1) is 10.2 Å². The normalized spacial score (nSPS) is 14.3. The number of hydrogen-bond acceptors (Lipinski definition) is 6. The number of para-hydroxylation sites is 1. The van der Waals surface area contributed by atoms with Gasteiger partial charge in [0.15, 0.2) is 5.01 Å². The molecule has 1 aliphatic heterocycles. The van der Waals surface area contributed by atoms with Gasteiger partial charge >= 0.3 is 0 Å². The monoisotopic (exact) mass is 436 g/mol. The predicted octanol–water partition coefficient (Wildman–Crippen LogP) is 4.19. The van der Waals surface area contributed by atoms with Gasteiger partial charge in [-0.3, -0.25) is 9.59 Å². The summed E-state index contributed by atoms with van der Waals surface area (Å²) >= 11 is 1.59. The van der Waals surface area contributed by atoms with Crippen molar-refractivity contribution < 1.29 is 14.3 Å². The van der Waals surface area contributed by atoms with E-state index in [4.69, 9.17) is 4.74 Å². The van der Waals surface area contributed by atoms with Crippen molar-refractivity contribution in [1.82, 2.24) is 15.1 Å². The molecular formula is C23H24N4O3S. The van der Waals surface area contributed by atoms with E-state index in [0.29, 0.717) is 30.3 Å². The molecule has 0 saturated carbocycles. The number of ether oxygens (including phenoxy) is 1. The minimum absolute atomic E-state index is 0.0137. The number of nitrogens with zero attached hydrogens (tertiary/aromatic N) is 3. The van der Waals surface area contributed by atoms with Crippen LogP contribution in [0.2, 0.25) is 0 Å². The Balaban J connectivity index is 1.38. The Morgan fingerprint density at radius 3 is 2.45 bits per heavy atom. The van der Waals surface area contributed by atoms with Crippen molar-refractivity contribution >= 4 is 28.8 Å². The molecule has 160 valence electrons. The topological polar surface area (TPSA) is 84.4 Å². The zero-order valence-electron chi connectivity index (χ0n) is 17.5. The number of benzene rings is 2. The van der Waals surface area contributed by atoms with Gasteiger partial charge < -0.3 is 15.0 Å². The first-order valence-electron chi connectivity index (χ1n) is 10.2. The number of anilines is 1. The summed E-state index contributed by atoms with van der Waals surface area (Å²) in [4.78, 5) is 25.9. The minimum Gasteiger partial charge on any atom is -0.496 e. The fourth-order valence-corrected chi connectivity index (χ4v) is 4.78. The second-order valence-electron chi connectivity index (χ2n) is 7.47. The summed E-state index contributed by atoms with van der Waals surface area (Å²) in [5, 5.41) is 13.4. The van der Waals surface area contributed by atoms with Crippen LogP contribution in [0.15, 0.2) is 48.5 Å². The number of aromatic nitrogens is 2. The first-order valence-corrected chi connectivity index (χ1v) is 11.0. The molecule has 2 aromatic carbocycles. The van der Waals surface area contributed by atoms with Crippen molar-refractivity contribution in [3.63, 3.8) is 0 Å². The van der Waals surface area contributed by atoms with E-state index in [0.717, 1.165) is 34.2 Å². The Bertz CT molecular complexity index is 1070. The van der Waals surface area contributed by atoms with Gasteiger partial charge in [0.25, 0.3) is 5.91 Å². The average molecular weight is 437 g/mol. The molecule has 8 heteroatoms. The molecular weight excluding hydrogens is 412 g/mol. The number of nitrogens with one attached hydrogen (secondary N) is 1. The summed E-state index contributed by atoms with van der Waals surface area (Å²) in [6, 6.07) is 14.8. The third-order valence-corrected chi connectivity index (χ3v) is 6.48. The van der Waals surface area contributed by atoms with E-state index in [9.17, 15) is 9.59 Å². The number of rotatable bonds is 5. The molecule has 1 aromatic heterocycles. The number of carbonyl (C=O) groups excluding carboxylic acids is 2. The third-order valence-electron chi connectivity index (χ3n) is 5.36. The van der Waals surface area contributed by atoms with E-state index in [1.165, 1.54) is 6.92 Å². The standard InChI is InChI=1S/C23H24N4O3S/c1-15(28)24-18-9-7-17(8-10-18)23(29)27-13-11-16(12-14-27)21-25-26-22(31-21)19-5-3-4-6-20(19)30-2/h3-10,16H,11-14H2,1-2H3,(H,24,28). The Morgan fingerprint density at radius 2 is 1.77 bits per heavy atom. The van der Waals surface area contributed by atoms with Crippen LogP contribution in [0.1, 0.15) is 41.0 Å². The van der Waals surface area contributed by atoms with Crippen molar-refractivity contribution in [2.45, 2.75) is 25.7 Å². The molecule has 1 saturated heterocycles. The molecule has 1 aliphatic rings. The first kappa shape index (κ1) is 21.0. The second kappa shape index (κ2) is 9.26. The van der Waals surface area contributed by atoms with Gasteiger partial charge in [0.05, 0.1) is 12.7 Å². The Kier molecular flexibility index (Phi) is 6.27. The molecule has 0 bridgehead atoms. The lowest BCUT2D eigenvalue weighted by atomic mass is 9.97. The molecule has 7 nitrogen and oxygen atoms in total. The van der Waals surface area contributed by atoms with E-state index < -0.39 is 0 Å². The van der Waals surface area contributed by atoms with E-state index >= 15 is 0 Å². The number of carbonyl (C=O) groups is 2. The van der Waals surface area contributed by atoms with Crippen molar-refractivity contribution in [3.8, 4) is 16.3 Å². The molecule has 1 N–H and O–H groups in total. The van der Waals surface area contributed by atoms with Gasteiger partial charge in [-0.05, 0) is 49.2 Å². The van der Waals surface area contributed by atoms with Crippen molar-refractivity contribution in [2.75, 3.05) is 25.5 Å². The molecule has 0 aliphatic carbocycles. The van der Waals surface area contributed by atoms with Crippen molar-refractivity contribution in [3.05, 3.63) is 59.1 Å². The third kappa shape index (κ3) is 4.74. The smallest absolute Gasteiger partial charge is 0.253 e. The molecule has 0 radical (unpaired) electrons. The lowest BCUT2D eigenvalue weighted by Crippen LogP contribution is -2.37. The Hall–Kier alpha value is -3.26. The zero-order valence-corrected chi connectivity index (χ0v) is 18.3. The van der Waals surface area contributed by atoms with Gasteiger partial charge in [-0.1, -0.05) is 23.5 Å². The number of hydrogen-bond donors (Lipinski definition) is 1. The van der Waals surface area contributed by atoms with E-state index in [1.807, 2.05) is 29.2 Å². The van der Waals surface area contributed by atoms with Crippen LogP contribution < -0.4 is 10.1 Å². The Labute approximate surface area is 185 Å². The summed E-state index contributed by atoms with van der Waals surface area (Å²) in [5.41, 5.74) is 2.26. The van der Waals surface area contributed by atoms with Crippen molar-refractivity contribution in [1.29, 1.82) is 0 Å². The Morgan fingerprint density at radius 1 is 1.06 bits per heavy atom.